The fraction of sp³-hybridized carbons (Fsp3) is 0.412. The molecule has 1 N–H and O–H groups in total. The van der Waals surface area contributed by atoms with Gasteiger partial charge in [0.1, 0.15) is 16.7 Å². The molecule has 0 radical (unpaired) electrons. The molecule has 0 spiro atoms. The molecule has 2 aromatic carbocycles. The Labute approximate surface area is 283 Å². The topological polar surface area (TPSA) is 137 Å². The van der Waals surface area contributed by atoms with Gasteiger partial charge in [-0.05, 0) is 49.1 Å². The number of hydrogen-bond acceptors (Lipinski definition) is 8. The standard InChI is InChI=1S/C34H33BrN4O7S/c35-25-9-10-27(46-19-11-13-37(16-19)33(43)28-15-36-18-47-28)29-24(25)12-14-38(30(40)22-7-3-4-8-23(22)34(44)45)26(29)17-39-31(41)20-5-1-2-6-21(20)32(39)42/h1-2,5-6,9-10,15,18-19,22-23,26H,3-4,7-8,11-14,16-17H2,(H,44,45)/t19?,22-,23+,26-/m1/s1. The fourth-order valence-corrected chi connectivity index (χ4v) is 8.65. The molecule has 4 atom stereocenters. The first-order valence-electron chi connectivity index (χ1n) is 15.9. The van der Waals surface area contributed by atoms with Crippen LogP contribution in [0.5, 0.6) is 5.75 Å². The molecule has 244 valence electrons. The molecule has 0 bridgehead atoms. The van der Waals surface area contributed by atoms with Crippen molar-refractivity contribution < 1.29 is 33.8 Å². The number of likely N-dealkylation sites (tertiary alicyclic amines) is 1. The Morgan fingerprint density at radius 3 is 2.38 bits per heavy atom. The molecule has 4 aliphatic rings. The van der Waals surface area contributed by atoms with Crippen molar-refractivity contribution in [2.45, 2.75) is 50.7 Å². The van der Waals surface area contributed by atoms with Crippen LogP contribution in [0.2, 0.25) is 0 Å². The summed E-state index contributed by atoms with van der Waals surface area (Å²) in [4.78, 5) is 76.0. The van der Waals surface area contributed by atoms with Gasteiger partial charge in [0.15, 0.2) is 0 Å². The van der Waals surface area contributed by atoms with Gasteiger partial charge in [-0.25, -0.2) is 0 Å². The Kier molecular flexibility index (Phi) is 8.60. The van der Waals surface area contributed by atoms with Gasteiger partial charge in [-0.3, -0.25) is 33.9 Å². The zero-order valence-electron chi connectivity index (χ0n) is 25.5. The number of aromatic nitrogens is 1. The van der Waals surface area contributed by atoms with Crippen molar-refractivity contribution in [1.29, 1.82) is 0 Å². The van der Waals surface area contributed by atoms with Crippen molar-refractivity contribution in [3.63, 3.8) is 0 Å². The van der Waals surface area contributed by atoms with Crippen LogP contribution in [0.15, 0.2) is 52.6 Å². The molecule has 7 rings (SSSR count). The van der Waals surface area contributed by atoms with E-state index in [0.717, 1.165) is 22.9 Å². The second-order valence-corrected chi connectivity index (χ2v) is 14.2. The van der Waals surface area contributed by atoms with Crippen molar-refractivity contribution in [3.05, 3.63) is 79.7 Å². The van der Waals surface area contributed by atoms with Crippen molar-refractivity contribution in [2.75, 3.05) is 26.2 Å². The highest BCUT2D eigenvalue weighted by Crippen LogP contribution is 2.44. The smallest absolute Gasteiger partial charge is 0.307 e. The number of amides is 4. The number of imide groups is 1. The summed E-state index contributed by atoms with van der Waals surface area (Å²) in [6, 6.07) is 9.61. The first-order chi connectivity index (χ1) is 22.7. The summed E-state index contributed by atoms with van der Waals surface area (Å²) in [7, 11) is 0. The second-order valence-electron chi connectivity index (χ2n) is 12.5. The number of hydrogen-bond donors (Lipinski definition) is 1. The predicted octanol–water partition coefficient (Wildman–Crippen LogP) is 4.81. The number of fused-ring (bicyclic) bond motifs is 2. The third-order valence-electron chi connectivity index (χ3n) is 9.86. The van der Waals surface area contributed by atoms with Gasteiger partial charge in [0.2, 0.25) is 5.91 Å². The Hall–Kier alpha value is -4.10. The first-order valence-corrected chi connectivity index (χ1v) is 17.5. The minimum absolute atomic E-state index is 0.0998. The molecule has 3 aliphatic heterocycles. The lowest BCUT2D eigenvalue weighted by atomic mass is 9.77. The Bertz CT molecular complexity index is 1730. The van der Waals surface area contributed by atoms with Crippen LogP contribution in [0.4, 0.5) is 0 Å². The number of thiazole rings is 1. The molecule has 47 heavy (non-hydrogen) atoms. The lowest BCUT2D eigenvalue weighted by Gasteiger charge is -2.43. The molecular weight excluding hydrogens is 688 g/mol. The lowest BCUT2D eigenvalue weighted by molar-refractivity contribution is -0.153. The van der Waals surface area contributed by atoms with Gasteiger partial charge in [0.25, 0.3) is 17.7 Å². The van der Waals surface area contributed by atoms with E-state index >= 15 is 0 Å². The van der Waals surface area contributed by atoms with E-state index < -0.39 is 35.7 Å². The zero-order chi connectivity index (χ0) is 32.8. The monoisotopic (exact) mass is 720 g/mol. The van der Waals surface area contributed by atoms with Gasteiger partial charge in [-0.1, -0.05) is 40.9 Å². The van der Waals surface area contributed by atoms with E-state index in [1.165, 1.54) is 16.2 Å². The van der Waals surface area contributed by atoms with E-state index in [-0.39, 0.29) is 24.5 Å². The number of nitrogens with zero attached hydrogens (tertiary/aromatic N) is 4. The minimum atomic E-state index is -0.984. The Morgan fingerprint density at radius 2 is 1.70 bits per heavy atom. The number of carbonyl (C=O) groups excluding carboxylic acids is 4. The molecule has 1 saturated heterocycles. The average molecular weight is 722 g/mol. The summed E-state index contributed by atoms with van der Waals surface area (Å²) in [6.45, 7) is 1.07. The zero-order valence-corrected chi connectivity index (χ0v) is 27.9. The van der Waals surface area contributed by atoms with E-state index in [9.17, 15) is 29.1 Å². The fourth-order valence-electron chi connectivity index (χ4n) is 7.51. The van der Waals surface area contributed by atoms with Gasteiger partial charge in [-0.2, -0.15) is 0 Å². The number of carboxylic acid groups (broad SMARTS) is 1. The molecule has 1 aromatic heterocycles. The van der Waals surface area contributed by atoms with Crippen molar-refractivity contribution in [1.82, 2.24) is 19.7 Å². The number of aliphatic carboxylic acids is 1. The molecule has 3 aromatic rings. The number of halogens is 1. The Morgan fingerprint density at radius 1 is 0.979 bits per heavy atom. The largest absolute Gasteiger partial charge is 0.488 e. The lowest BCUT2D eigenvalue weighted by Crippen LogP contribution is -2.50. The molecule has 4 heterocycles. The average Bonchev–Trinajstić information content (AvgIpc) is 3.84. The molecular formula is C34H33BrN4O7S. The summed E-state index contributed by atoms with van der Waals surface area (Å²) >= 11 is 4.98. The van der Waals surface area contributed by atoms with Gasteiger partial charge in [0, 0.05) is 29.5 Å². The number of carbonyl (C=O) groups is 5. The van der Waals surface area contributed by atoms with Crippen LogP contribution >= 0.6 is 27.3 Å². The van der Waals surface area contributed by atoms with Crippen LogP contribution < -0.4 is 4.74 Å². The molecule has 1 saturated carbocycles. The predicted molar refractivity (Wildman–Crippen MR) is 174 cm³/mol. The van der Waals surface area contributed by atoms with E-state index in [0.29, 0.717) is 72.6 Å². The molecule has 1 aliphatic carbocycles. The summed E-state index contributed by atoms with van der Waals surface area (Å²) in [6.07, 6.45) is 4.71. The van der Waals surface area contributed by atoms with Crippen molar-refractivity contribution in [3.8, 4) is 5.75 Å². The molecule has 4 amide bonds. The molecule has 11 nitrogen and oxygen atoms in total. The van der Waals surface area contributed by atoms with Crippen molar-refractivity contribution in [2.24, 2.45) is 11.8 Å². The van der Waals surface area contributed by atoms with E-state index in [4.69, 9.17) is 4.74 Å². The summed E-state index contributed by atoms with van der Waals surface area (Å²) in [5.41, 5.74) is 3.84. The minimum Gasteiger partial charge on any atom is -0.488 e. The van der Waals surface area contributed by atoms with E-state index in [2.05, 4.69) is 20.9 Å². The second kappa shape index (κ2) is 12.8. The third-order valence-corrected chi connectivity index (χ3v) is 11.4. The first kappa shape index (κ1) is 31.5. The van der Waals surface area contributed by atoms with Crippen LogP contribution in [0.3, 0.4) is 0 Å². The maximum atomic E-state index is 14.4. The van der Waals surface area contributed by atoms with Crippen LogP contribution in [-0.4, -0.2) is 86.7 Å². The highest BCUT2D eigenvalue weighted by molar-refractivity contribution is 9.10. The third kappa shape index (κ3) is 5.73. The van der Waals surface area contributed by atoms with Crippen LogP contribution in [-0.2, 0) is 16.0 Å². The van der Waals surface area contributed by atoms with Gasteiger partial charge >= 0.3 is 5.97 Å². The highest BCUT2D eigenvalue weighted by Gasteiger charge is 2.45. The summed E-state index contributed by atoms with van der Waals surface area (Å²) in [5.74, 6) is -3.22. The number of rotatable bonds is 7. The van der Waals surface area contributed by atoms with Crippen LogP contribution in [0.25, 0.3) is 0 Å². The van der Waals surface area contributed by atoms with Gasteiger partial charge in [0.05, 0.1) is 53.8 Å². The van der Waals surface area contributed by atoms with E-state index in [1.807, 2.05) is 12.1 Å². The van der Waals surface area contributed by atoms with E-state index in [1.54, 1.807) is 45.8 Å². The normalized spacial score (nSPS) is 23.9. The Balaban J connectivity index is 1.24. The van der Waals surface area contributed by atoms with Crippen LogP contribution in [0.1, 0.15) is 79.7 Å². The van der Waals surface area contributed by atoms with Crippen molar-refractivity contribution >= 4 is 56.9 Å². The number of carboxylic acids is 1. The maximum absolute atomic E-state index is 14.4. The summed E-state index contributed by atoms with van der Waals surface area (Å²) in [5, 5.41) is 10.0. The molecule has 2 fully saturated rings. The maximum Gasteiger partial charge on any atom is 0.307 e. The van der Waals surface area contributed by atoms with Gasteiger partial charge < -0.3 is 19.6 Å². The van der Waals surface area contributed by atoms with Crippen LogP contribution in [0, 0.1) is 11.8 Å². The molecule has 13 heteroatoms. The summed E-state index contributed by atoms with van der Waals surface area (Å²) < 4.78 is 7.44. The number of ether oxygens (including phenoxy) is 1. The highest BCUT2D eigenvalue weighted by atomic mass is 79.9. The van der Waals surface area contributed by atoms with Gasteiger partial charge in [-0.15, -0.1) is 11.3 Å². The quantitative estimate of drug-likeness (QED) is 0.344. The SMILES string of the molecule is O=C(O)[C@H]1CCCC[C@H]1C(=O)N1CCc2c(Br)ccc(OC3CCN(C(=O)c4cncs4)C3)c2[C@H]1CN1C(=O)c2ccccc2C1=O. The molecule has 1 unspecified atom stereocenters. The number of benzene rings is 2.